The second-order valence-electron chi connectivity index (χ2n) is 4.54. The van der Waals surface area contributed by atoms with Crippen molar-refractivity contribution in [2.24, 2.45) is 5.16 Å². The van der Waals surface area contributed by atoms with Gasteiger partial charge >= 0.3 is 0 Å². The molecule has 106 valence electrons. The highest BCUT2D eigenvalue weighted by atomic mass is 16.5. The molecule has 0 saturated heterocycles. The van der Waals surface area contributed by atoms with E-state index in [1.807, 2.05) is 36.4 Å². The summed E-state index contributed by atoms with van der Waals surface area (Å²) < 4.78 is 10.9. The van der Waals surface area contributed by atoms with Gasteiger partial charge in [0.15, 0.2) is 0 Å². The average molecular weight is 273 g/mol. The van der Waals surface area contributed by atoms with Crippen molar-refractivity contribution in [3.8, 4) is 5.75 Å². The topological polar surface area (TPSA) is 51.0 Å². The van der Waals surface area contributed by atoms with Crippen LogP contribution in [0.25, 0.3) is 10.8 Å². The average Bonchev–Trinajstić information content (AvgIpc) is 2.50. The van der Waals surface area contributed by atoms with Crippen molar-refractivity contribution in [1.29, 1.82) is 0 Å². The standard InChI is InChI=1S/C16H19NO3/c1-12(17-18)14-9-8-13-6-3-4-7-15(13)16(14)20-11-5-10-19-2/h3-4,6-9,18H,5,10-11H2,1-2H3/b17-12+. The van der Waals surface area contributed by atoms with Crippen LogP contribution in [-0.4, -0.2) is 31.2 Å². The van der Waals surface area contributed by atoms with Gasteiger partial charge in [-0.05, 0) is 18.4 Å². The van der Waals surface area contributed by atoms with E-state index in [0.29, 0.717) is 18.9 Å². The molecule has 0 atom stereocenters. The van der Waals surface area contributed by atoms with E-state index in [9.17, 15) is 0 Å². The molecule has 1 N–H and O–H groups in total. The highest BCUT2D eigenvalue weighted by molar-refractivity contribution is 6.06. The highest BCUT2D eigenvalue weighted by Gasteiger charge is 2.11. The molecule has 0 aliphatic rings. The summed E-state index contributed by atoms with van der Waals surface area (Å²) in [6.45, 7) is 2.98. The zero-order chi connectivity index (χ0) is 14.4. The number of hydrogen-bond acceptors (Lipinski definition) is 4. The SMILES string of the molecule is COCCCOc1c(/C(C)=N/O)ccc2ccccc12. The summed E-state index contributed by atoms with van der Waals surface area (Å²) in [5.74, 6) is 0.759. The Morgan fingerprint density at radius 1 is 1.15 bits per heavy atom. The van der Waals surface area contributed by atoms with Crippen LogP contribution in [0.2, 0.25) is 0 Å². The van der Waals surface area contributed by atoms with Gasteiger partial charge < -0.3 is 14.7 Å². The Bertz CT molecular complexity index is 608. The minimum absolute atomic E-state index is 0.539. The molecule has 0 aliphatic heterocycles. The summed E-state index contributed by atoms with van der Waals surface area (Å²) in [5, 5.41) is 14.4. The number of oxime groups is 1. The van der Waals surface area contributed by atoms with Crippen molar-refractivity contribution >= 4 is 16.5 Å². The van der Waals surface area contributed by atoms with Crippen LogP contribution in [0, 0.1) is 0 Å². The Morgan fingerprint density at radius 2 is 1.95 bits per heavy atom. The second-order valence-corrected chi connectivity index (χ2v) is 4.54. The first-order chi connectivity index (χ1) is 9.77. The number of benzene rings is 2. The fraction of sp³-hybridized carbons (Fsp3) is 0.312. The predicted molar refractivity (Wildman–Crippen MR) is 79.9 cm³/mol. The smallest absolute Gasteiger partial charge is 0.136 e. The molecule has 0 bridgehead atoms. The molecule has 2 aromatic rings. The van der Waals surface area contributed by atoms with Gasteiger partial charge in [0.25, 0.3) is 0 Å². The highest BCUT2D eigenvalue weighted by Crippen LogP contribution is 2.30. The predicted octanol–water partition coefficient (Wildman–Crippen LogP) is 3.45. The van der Waals surface area contributed by atoms with E-state index in [0.717, 1.165) is 28.5 Å². The lowest BCUT2D eigenvalue weighted by atomic mass is 10.0. The first-order valence-electron chi connectivity index (χ1n) is 6.60. The number of ether oxygens (including phenoxy) is 2. The summed E-state index contributed by atoms with van der Waals surface area (Å²) in [6.07, 6.45) is 0.814. The quantitative estimate of drug-likeness (QED) is 0.379. The lowest BCUT2D eigenvalue weighted by Crippen LogP contribution is -2.06. The number of methoxy groups -OCH3 is 1. The summed E-state index contributed by atoms with van der Waals surface area (Å²) in [5.41, 5.74) is 1.35. The van der Waals surface area contributed by atoms with E-state index in [1.165, 1.54) is 0 Å². The minimum Gasteiger partial charge on any atom is -0.492 e. The first kappa shape index (κ1) is 14.3. The van der Waals surface area contributed by atoms with Gasteiger partial charge in [-0.25, -0.2) is 0 Å². The van der Waals surface area contributed by atoms with Crippen molar-refractivity contribution in [3.63, 3.8) is 0 Å². The lowest BCUT2D eigenvalue weighted by molar-refractivity contribution is 0.172. The zero-order valence-electron chi connectivity index (χ0n) is 11.8. The van der Waals surface area contributed by atoms with Crippen LogP contribution < -0.4 is 4.74 Å². The third-order valence-electron chi connectivity index (χ3n) is 3.16. The van der Waals surface area contributed by atoms with Gasteiger partial charge in [-0.1, -0.05) is 35.5 Å². The number of nitrogens with zero attached hydrogens (tertiary/aromatic N) is 1. The van der Waals surface area contributed by atoms with E-state index in [-0.39, 0.29) is 0 Å². The van der Waals surface area contributed by atoms with E-state index >= 15 is 0 Å². The molecule has 0 spiro atoms. The van der Waals surface area contributed by atoms with E-state index in [2.05, 4.69) is 5.16 Å². The fourth-order valence-electron chi connectivity index (χ4n) is 2.11. The molecule has 0 unspecified atom stereocenters. The molecule has 0 aromatic heterocycles. The van der Waals surface area contributed by atoms with Crippen LogP contribution >= 0.6 is 0 Å². The number of hydrogen-bond donors (Lipinski definition) is 1. The molecule has 0 heterocycles. The van der Waals surface area contributed by atoms with Gasteiger partial charge in [-0.15, -0.1) is 0 Å². The largest absolute Gasteiger partial charge is 0.492 e. The second kappa shape index (κ2) is 6.91. The van der Waals surface area contributed by atoms with Crippen LogP contribution in [0.4, 0.5) is 0 Å². The molecular weight excluding hydrogens is 254 g/mol. The van der Waals surface area contributed by atoms with Gasteiger partial charge in [-0.2, -0.15) is 0 Å². The molecule has 2 aromatic carbocycles. The third-order valence-corrected chi connectivity index (χ3v) is 3.16. The molecule has 0 saturated carbocycles. The molecule has 0 amide bonds. The van der Waals surface area contributed by atoms with E-state index in [4.69, 9.17) is 14.7 Å². The van der Waals surface area contributed by atoms with Crippen LogP contribution in [0.1, 0.15) is 18.9 Å². The van der Waals surface area contributed by atoms with Crippen molar-refractivity contribution in [2.75, 3.05) is 20.3 Å². The maximum absolute atomic E-state index is 9.01. The van der Waals surface area contributed by atoms with Crippen molar-refractivity contribution in [3.05, 3.63) is 42.0 Å². The number of rotatable bonds is 6. The maximum Gasteiger partial charge on any atom is 0.136 e. The number of fused-ring (bicyclic) bond motifs is 1. The molecular formula is C16H19NO3. The normalized spacial score (nSPS) is 11.8. The van der Waals surface area contributed by atoms with E-state index in [1.54, 1.807) is 14.0 Å². The molecule has 2 rings (SSSR count). The molecule has 20 heavy (non-hydrogen) atoms. The van der Waals surface area contributed by atoms with Gasteiger partial charge in [-0.3, -0.25) is 0 Å². The lowest BCUT2D eigenvalue weighted by Gasteiger charge is -2.14. The fourth-order valence-corrected chi connectivity index (χ4v) is 2.11. The summed E-state index contributed by atoms with van der Waals surface area (Å²) in [7, 11) is 1.67. The van der Waals surface area contributed by atoms with Gasteiger partial charge in [0.05, 0.1) is 12.3 Å². The Labute approximate surface area is 118 Å². The van der Waals surface area contributed by atoms with Crippen LogP contribution in [-0.2, 0) is 4.74 Å². The molecule has 0 fully saturated rings. The molecule has 4 nitrogen and oxygen atoms in total. The maximum atomic E-state index is 9.01. The minimum atomic E-state index is 0.539. The monoisotopic (exact) mass is 273 g/mol. The van der Waals surface area contributed by atoms with Crippen molar-refractivity contribution in [2.45, 2.75) is 13.3 Å². The Hall–Kier alpha value is -2.07. The zero-order valence-corrected chi connectivity index (χ0v) is 11.8. The summed E-state index contributed by atoms with van der Waals surface area (Å²) in [6, 6.07) is 11.9. The summed E-state index contributed by atoms with van der Waals surface area (Å²) >= 11 is 0. The van der Waals surface area contributed by atoms with Gasteiger partial charge in [0.2, 0.25) is 0 Å². The van der Waals surface area contributed by atoms with Crippen LogP contribution in [0.15, 0.2) is 41.6 Å². The van der Waals surface area contributed by atoms with Crippen LogP contribution in [0.5, 0.6) is 5.75 Å². The van der Waals surface area contributed by atoms with Gasteiger partial charge in [0, 0.05) is 31.1 Å². The van der Waals surface area contributed by atoms with Crippen molar-refractivity contribution < 1.29 is 14.7 Å². The van der Waals surface area contributed by atoms with E-state index < -0.39 is 0 Å². The Balaban J connectivity index is 2.39. The third kappa shape index (κ3) is 3.08. The molecule has 0 radical (unpaired) electrons. The van der Waals surface area contributed by atoms with Crippen molar-refractivity contribution in [1.82, 2.24) is 0 Å². The molecule has 0 aliphatic carbocycles. The molecule has 4 heteroatoms. The van der Waals surface area contributed by atoms with Gasteiger partial charge in [0.1, 0.15) is 5.75 Å². The van der Waals surface area contributed by atoms with Crippen LogP contribution in [0.3, 0.4) is 0 Å². The first-order valence-corrected chi connectivity index (χ1v) is 6.60. The Morgan fingerprint density at radius 3 is 2.70 bits per heavy atom. The Kier molecular flexibility index (Phi) is 4.96. The summed E-state index contributed by atoms with van der Waals surface area (Å²) in [4.78, 5) is 0.